The smallest absolute Gasteiger partial charge is 0.270 e. The number of aromatic nitrogens is 1. The Hall–Kier alpha value is -2.80. The summed E-state index contributed by atoms with van der Waals surface area (Å²) in [6.07, 6.45) is 2.37. The summed E-state index contributed by atoms with van der Waals surface area (Å²) in [4.78, 5) is 27.6. The van der Waals surface area contributed by atoms with E-state index >= 15 is 0 Å². The van der Waals surface area contributed by atoms with E-state index < -0.39 is 0 Å². The molecule has 6 nitrogen and oxygen atoms in total. The molecule has 1 aliphatic heterocycles. The standard InChI is InChI=1S/C24H29N3O3S/c1-3-11-25-23(28)18-8-12-26(13-9-18)24(29)21-15-22-20(10-14-31-22)27(21)16-17-4-6-19(30-2)7-5-17/h4-7,10,14-15,18H,3,8-9,11-13,16H2,1-2H3,(H,25,28). The molecule has 1 aliphatic rings. The maximum atomic E-state index is 13.4. The number of likely N-dealkylation sites (tertiary alicyclic amines) is 1. The molecule has 3 heterocycles. The highest BCUT2D eigenvalue weighted by molar-refractivity contribution is 7.17. The maximum absolute atomic E-state index is 13.4. The third-order valence-electron chi connectivity index (χ3n) is 5.94. The lowest BCUT2D eigenvalue weighted by molar-refractivity contribution is -0.126. The number of thiophene rings is 1. The number of nitrogens with one attached hydrogen (secondary N) is 1. The summed E-state index contributed by atoms with van der Waals surface area (Å²) in [5.41, 5.74) is 2.91. The second kappa shape index (κ2) is 9.56. The molecule has 4 rings (SSSR count). The molecule has 0 atom stereocenters. The summed E-state index contributed by atoms with van der Waals surface area (Å²) >= 11 is 1.65. The van der Waals surface area contributed by atoms with Gasteiger partial charge in [0, 0.05) is 32.1 Å². The Morgan fingerprint density at radius 2 is 1.90 bits per heavy atom. The quantitative estimate of drug-likeness (QED) is 0.602. The number of amides is 2. The van der Waals surface area contributed by atoms with Gasteiger partial charge in [-0.2, -0.15) is 0 Å². The van der Waals surface area contributed by atoms with Crippen molar-refractivity contribution in [1.82, 2.24) is 14.8 Å². The van der Waals surface area contributed by atoms with Gasteiger partial charge in [-0.3, -0.25) is 9.59 Å². The predicted molar refractivity (Wildman–Crippen MR) is 124 cm³/mol. The number of benzene rings is 1. The van der Waals surface area contributed by atoms with Crippen molar-refractivity contribution in [2.75, 3.05) is 26.7 Å². The first-order valence-corrected chi connectivity index (χ1v) is 11.7. The molecule has 3 aromatic rings. The minimum Gasteiger partial charge on any atom is -0.497 e. The molecule has 1 saturated heterocycles. The molecule has 1 N–H and O–H groups in total. The highest BCUT2D eigenvalue weighted by atomic mass is 32.1. The van der Waals surface area contributed by atoms with Crippen LogP contribution in [0.2, 0.25) is 0 Å². The summed E-state index contributed by atoms with van der Waals surface area (Å²) in [5, 5.41) is 5.04. The van der Waals surface area contributed by atoms with E-state index in [1.165, 1.54) is 0 Å². The Morgan fingerprint density at radius 1 is 1.16 bits per heavy atom. The van der Waals surface area contributed by atoms with Gasteiger partial charge in [-0.15, -0.1) is 11.3 Å². The fourth-order valence-corrected chi connectivity index (χ4v) is 4.96. The van der Waals surface area contributed by atoms with Gasteiger partial charge in [-0.25, -0.2) is 0 Å². The van der Waals surface area contributed by atoms with Crippen LogP contribution in [0.3, 0.4) is 0 Å². The van der Waals surface area contributed by atoms with Crippen LogP contribution in [0.4, 0.5) is 0 Å². The van der Waals surface area contributed by atoms with Gasteiger partial charge in [-0.1, -0.05) is 19.1 Å². The van der Waals surface area contributed by atoms with Gasteiger partial charge in [0.25, 0.3) is 5.91 Å². The van der Waals surface area contributed by atoms with Gasteiger partial charge in [0.05, 0.1) is 17.3 Å². The summed E-state index contributed by atoms with van der Waals surface area (Å²) in [6, 6.07) is 12.0. The Labute approximate surface area is 186 Å². The number of fused-ring (bicyclic) bond motifs is 1. The fraction of sp³-hybridized carbons (Fsp3) is 0.417. The molecule has 0 bridgehead atoms. The summed E-state index contributed by atoms with van der Waals surface area (Å²) in [7, 11) is 1.66. The molecule has 164 valence electrons. The van der Waals surface area contributed by atoms with Crippen LogP contribution in [0.15, 0.2) is 41.8 Å². The average Bonchev–Trinajstić information content (AvgIpc) is 3.40. The normalized spacial score (nSPS) is 14.7. The SMILES string of the molecule is CCCNC(=O)C1CCN(C(=O)c2cc3sccc3n2Cc2ccc(OC)cc2)CC1. The zero-order valence-corrected chi connectivity index (χ0v) is 18.9. The Bertz CT molecular complexity index is 1050. The lowest BCUT2D eigenvalue weighted by Crippen LogP contribution is -2.43. The number of ether oxygens (including phenoxy) is 1. The molecule has 0 saturated carbocycles. The van der Waals surface area contributed by atoms with Gasteiger partial charge in [-0.05, 0) is 54.5 Å². The third kappa shape index (κ3) is 4.61. The monoisotopic (exact) mass is 439 g/mol. The number of rotatable bonds is 7. The van der Waals surface area contributed by atoms with E-state index in [1.807, 2.05) is 42.2 Å². The van der Waals surface area contributed by atoms with Crippen LogP contribution in [0.25, 0.3) is 10.2 Å². The molecule has 1 fully saturated rings. The molecule has 31 heavy (non-hydrogen) atoms. The third-order valence-corrected chi connectivity index (χ3v) is 6.80. The fourth-order valence-electron chi connectivity index (χ4n) is 4.14. The van der Waals surface area contributed by atoms with E-state index in [0.29, 0.717) is 31.9 Å². The van der Waals surface area contributed by atoms with E-state index in [4.69, 9.17) is 4.74 Å². The van der Waals surface area contributed by atoms with Crippen LogP contribution in [-0.4, -0.2) is 48.0 Å². The Kier molecular flexibility index (Phi) is 6.61. The predicted octanol–water partition coefficient (Wildman–Crippen LogP) is 4.14. The van der Waals surface area contributed by atoms with Crippen LogP contribution >= 0.6 is 11.3 Å². The summed E-state index contributed by atoms with van der Waals surface area (Å²) < 4.78 is 8.48. The summed E-state index contributed by atoms with van der Waals surface area (Å²) in [5.74, 6) is 0.992. The number of nitrogens with zero attached hydrogens (tertiary/aromatic N) is 2. The van der Waals surface area contributed by atoms with Crippen molar-refractivity contribution in [3.8, 4) is 5.75 Å². The average molecular weight is 440 g/mol. The van der Waals surface area contributed by atoms with Gasteiger partial charge >= 0.3 is 0 Å². The highest BCUT2D eigenvalue weighted by Crippen LogP contribution is 2.28. The van der Waals surface area contributed by atoms with Crippen LogP contribution in [0, 0.1) is 5.92 Å². The number of piperidine rings is 1. The lowest BCUT2D eigenvalue weighted by atomic mass is 9.95. The Balaban J connectivity index is 1.50. The van der Waals surface area contributed by atoms with Crippen molar-refractivity contribution in [2.24, 2.45) is 5.92 Å². The molecule has 1 aromatic carbocycles. The zero-order valence-electron chi connectivity index (χ0n) is 18.1. The van der Waals surface area contributed by atoms with Crippen molar-refractivity contribution in [3.63, 3.8) is 0 Å². The molecule has 0 aliphatic carbocycles. The van der Waals surface area contributed by atoms with Gasteiger partial charge in [0.15, 0.2) is 0 Å². The molecular formula is C24H29N3O3S. The van der Waals surface area contributed by atoms with Crippen LogP contribution < -0.4 is 10.1 Å². The number of hydrogen-bond acceptors (Lipinski definition) is 4. The molecular weight excluding hydrogens is 410 g/mol. The minimum absolute atomic E-state index is 0.00480. The topological polar surface area (TPSA) is 63.6 Å². The molecule has 0 unspecified atom stereocenters. The van der Waals surface area contributed by atoms with Gasteiger partial charge in [0.1, 0.15) is 11.4 Å². The lowest BCUT2D eigenvalue weighted by Gasteiger charge is -2.31. The van der Waals surface area contributed by atoms with Crippen molar-refractivity contribution in [3.05, 3.63) is 53.0 Å². The first-order valence-electron chi connectivity index (χ1n) is 10.9. The van der Waals surface area contributed by atoms with E-state index in [0.717, 1.165) is 40.8 Å². The first-order chi connectivity index (χ1) is 15.1. The van der Waals surface area contributed by atoms with Crippen molar-refractivity contribution in [2.45, 2.75) is 32.7 Å². The second-order valence-electron chi connectivity index (χ2n) is 7.99. The van der Waals surface area contributed by atoms with E-state index in [1.54, 1.807) is 18.4 Å². The Morgan fingerprint density at radius 3 is 2.58 bits per heavy atom. The molecule has 7 heteroatoms. The number of carbonyl (C=O) groups excluding carboxylic acids is 2. The zero-order chi connectivity index (χ0) is 21.8. The number of hydrogen-bond donors (Lipinski definition) is 1. The first kappa shape index (κ1) is 21.4. The highest BCUT2D eigenvalue weighted by Gasteiger charge is 2.29. The molecule has 0 spiro atoms. The van der Waals surface area contributed by atoms with Crippen molar-refractivity contribution in [1.29, 1.82) is 0 Å². The van der Waals surface area contributed by atoms with Crippen molar-refractivity contribution >= 4 is 33.4 Å². The van der Waals surface area contributed by atoms with Crippen LogP contribution in [0.1, 0.15) is 42.2 Å². The van der Waals surface area contributed by atoms with E-state index in [-0.39, 0.29) is 17.7 Å². The molecule has 0 radical (unpaired) electrons. The van der Waals surface area contributed by atoms with Crippen LogP contribution in [-0.2, 0) is 11.3 Å². The van der Waals surface area contributed by atoms with Gasteiger partial charge < -0.3 is 19.5 Å². The molecule has 2 aromatic heterocycles. The summed E-state index contributed by atoms with van der Waals surface area (Å²) in [6.45, 7) is 4.62. The van der Waals surface area contributed by atoms with E-state index in [9.17, 15) is 9.59 Å². The number of carbonyl (C=O) groups is 2. The van der Waals surface area contributed by atoms with Crippen LogP contribution in [0.5, 0.6) is 5.75 Å². The largest absolute Gasteiger partial charge is 0.497 e. The van der Waals surface area contributed by atoms with Crippen molar-refractivity contribution < 1.29 is 14.3 Å². The minimum atomic E-state index is 0.00480. The maximum Gasteiger partial charge on any atom is 0.270 e. The van der Waals surface area contributed by atoms with E-state index in [2.05, 4.69) is 21.3 Å². The second-order valence-corrected chi connectivity index (χ2v) is 8.94. The van der Waals surface area contributed by atoms with Gasteiger partial charge in [0.2, 0.25) is 5.91 Å². The molecule has 2 amide bonds. The number of methoxy groups -OCH3 is 1.